The number of benzene rings is 1. The van der Waals surface area contributed by atoms with Gasteiger partial charge in [0.15, 0.2) is 0 Å². The zero-order chi connectivity index (χ0) is 21.2. The third-order valence-electron chi connectivity index (χ3n) is 6.84. The van der Waals surface area contributed by atoms with Crippen LogP contribution in [0.3, 0.4) is 0 Å². The fraction of sp³-hybridized carbons (Fsp3) is 0.630. The lowest BCUT2D eigenvalue weighted by atomic mass is 9.78. The number of unbranched alkanes of at least 4 members (excludes halogenated alkanes) is 3. The van der Waals surface area contributed by atoms with Crippen LogP contribution in [0.1, 0.15) is 95.7 Å². The molecule has 0 aliphatic heterocycles. The van der Waals surface area contributed by atoms with E-state index in [1.54, 1.807) is 6.07 Å². The SMILES string of the molecule is CCCCCc1ccc(-c2ccc(CCC3CCC(CCCC)CC3)cc2F)nn1. The van der Waals surface area contributed by atoms with E-state index in [1.807, 2.05) is 18.2 Å². The average molecular weight is 411 g/mol. The first kappa shape index (κ1) is 22.9. The summed E-state index contributed by atoms with van der Waals surface area (Å²) in [6.45, 7) is 4.48. The van der Waals surface area contributed by atoms with Gasteiger partial charge in [-0.3, -0.25) is 0 Å². The quantitative estimate of drug-likeness (QED) is 0.351. The Bertz CT molecular complexity index is 748. The first-order valence-corrected chi connectivity index (χ1v) is 12.3. The van der Waals surface area contributed by atoms with Crippen LogP contribution in [0.15, 0.2) is 30.3 Å². The molecule has 0 bridgehead atoms. The van der Waals surface area contributed by atoms with Gasteiger partial charge in [0.25, 0.3) is 0 Å². The van der Waals surface area contributed by atoms with Gasteiger partial charge in [0.05, 0.1) is 11.4 Å². The molecule has 164 valence electrons. The molecule has 1 aromatic heterocycles. The highest BCUT2D eigenvalue weighted by Crippen LogP contribution is 2.34. The van der Waals surface area contributed by atoms with Crippen LogP contribution >= 0.6 is 0 Å². The summed E-state index contributed by atoms with van der Waals surface area (Å²) in [5.41, 5.74) is 3.29. The summed E-state index contributed by atoms with van der Waals surface area (Å²) in [5, 5.41) is 8.57. The molecule has 0 N–H and O–H groups in total. The summed E-state index contributed by atoms with van der Waals surface area (Å²) < 4.78 is 14.8. The molecule has 0 radical (unpaired) electrons. The topological polar surface area (TPSA) is 25.8 Å². The number of nitrogens with zero attached hydrogens (tertiary/aromatic N) is 2. The zero-order valence-corrected chi connectivity index (χ0v) is 19.0. The van der Waals surface area contributed by atoms with Crippen molar-refractivity contribution in [3.8, 4) is 11.3 Å². The second-order valence-electron chi connectivity index (χ2n) is 9.25. The highest BCUT2D eigenvalue weighted by Gasteiger charge is 2.20. The van der Waals surface area contributed by atoms with Crippen molar-refractivity contribution in [1.82, 2.24) is 10.2 Å². The van der Waals surface area contributed by atoms with E-state index < -0.39 is 0 Å². The molecule has 0 spiro atoms. The molecule has 3 heteroatoms. The van der Waals surface area contributed by atoms with Crippen LogP contribution in [0.5, 0.6) is 0 Å². The molecule has 1 aliphatic carbocycles. The van der Waals surface area contributed by atoms with Crippen molar-refractivity contribution in [2.75, 3.05) is 0 Å². The maximum atomic E-state index is 14.8. The molecule has 0 atom stereocenters. The molecule has 3 rings (SSSR count). The normalized spacial score (nSPS) is 19.2. The minimum atomic E-state index is -0.177. The van der Waals surface area contributed by atoms with Crippen molar-refractivity contribution >= 4 is 0 Å². The van der Waals surface area contributed by atoms with Crippen LogP contribution in [0.25, 0.3) is 11.3 Å². The highest BCUT2D eigenvalue weighted by molar-refractivity contribution is 5.59. The fourth-order valence-electron chi connectivity index (χ4n) is 4.79. The molecule has 1 heterocycles. The smallest absolute Gasteiger partial charge is 0.132 e. The standard InChI is InChI=1S/C27H39FN2/c1-3-5-7-9-24-17-19-27(30-29-24)25-18-16-23(20-26(25)28)15-14-22-12-10-21(11-13-22)8-6-4-2/h16-22H,3-15H2,1-2H3. The van der Waals surface area contributed by atoms with Crippen molar-refractivity contribution in [2.45, 2.75) is 97.3 Å². The lowest BCUT2D eigenvalue weighted by Gasteiger charge is -2.28. The fourth-order valence-corrected chi connectivity index (χ4v) is 4.79. The molecule has 0 saturated heterocycles. The van der Waals surface area contributed by atoms with E-state index in [9.17, 15) is 4.39 Å². The van der Waals surface area contributed by atoms with Crippen molar-refractivity contribution in [3.05, 3.63) is 47.4 Å². The van der Waals surface area contributed by atoms with E-state index in [1.165, 1.54) is 64.2 Å². The Hall–Kier alpha value is -1.77. The molecular weight excluding hydrogens is 371 g/mol. The van der Waals surface area contributed by atoms with Gasteiger partial charge in [0.2, 0.25) is 0 Å². The highest BCUT2D eigenvalue weighted by atomic mass is 19.1. The van der Waals surface area contributed by atoms with Crippen LogP contribution in [0.2, 0.25) is 0 Å². The Morgan fingerprint density at radius 2 is 1.53 bits per heavy atom. The van der Waals surface area contributed by atoms with Gasteiger partial charge in [0, 0.05) is 5.56 Å². The maximum absolute atomic E-state index is 14.8. The van der Waals surface area contributed by atoms with Gasteiger partial charge in [-0.05, 0) is 67.3 Å². The van der Waals surface area contributed by atoms with Crippen molar-refractivity contribution in [3.63, 3.8) is 0 Å². The Morgan fingerprint density at radius 1 is 0.800 bits per heavy atom. The van der Waals surface area contributed by atoms with Crippen molar-refractivity contribution in [1.29, 1.82) is 0 Å². The molecule has 30 heavy (non-hydrogen) atoms. The lowest BCUT2D eigenvalue weighted by Crippen LogP contribution is -2.15. The van der Waals surface area contributed by atoms with Gasteiger partial charge in [-0.25, -0.2) is 4.39 Å². The van der Waals surface area contributed by atoms with Crippen LogP contribution in [0, 0.1) is 17.7 Å². The van der Waals surface area contributed by atoms with Crippen molar-refractivity contribution in [2.24, 2.45) is 11.8 Å². The third-order valence-corrected chi connectivity index (χ3v) is 6.84. The Morgan fingerprint density at radius 3 is 2.17 bits per heavy atom. The molecule has 1 aliphatic rings. The van der Waals surface area contributed by atoms with Crippen molar-refractivity contribution < 1.29 is 4.39 Å². The Labute approximate surface area is 182 Å². The van der Waals surface area contributed by atoms with Crippen LogP contribution in [0.4, 0.5) is 4.39 Å². The molecule has 0 amide bonds. The Balaban J connectivity index is 1.49. The summed E-state index contributed by atoms with van der Waals surface area (Å²) in [6.07, 6.45) is 16.3. The summed E-state index contributed by atoms with van der Waals surface area (Å²) >= 11 is 0. The van der Waals surface area contributed by atoms with Gasteiger partial charge >= 0.3 is 0 Å². The van der Waals surface area contributed by atoms with E-state index in [4.69, 9.17) is 0 Å². The first-order valence-electron chi connectivity index (χ1n) is 12.3. The zero-order valence-electron chi connectivity index (χ0n) is 19.0. The number of rotatable bonds is 11. The molecule has 1 aromatic carbocycles. The first-order chi connectivity index (χ1) is 14.7. The molecule has 0 unspecified atom stereocenters. The summed E-state index contributed by atoms with van der Waals surface area (Å²) in [4.78, 5) is 0. The van der Waals surface area contributed by atoms with E-state index >= 15 is 0 Å². The third kappa shape index (κ3) is 6.89. The van der Waals surface area contributed by atoms with Gasteiger partial charge in [-0.2, -0.15) is 10.2 Å². The molecule has 1 fully saturated rings. The van der Waals surface area contributed by atoms with Gasteiger partial charge < -0.3 is 0 Å². The number of hydrogen-bond acceptors (Lipinski definition) is 2. The Kier molecular flexibility index (Phi) is 9.29. The molecule has 2 aromatic rings. The molecule has 2 nitrogen and oxygen atoms in total. The number of hydrogen-bond donors (Lipinski definition) is 0. The second-order valence-corrected chi connectivity index (χ2v) is 9.25. The average Bonchev–Trinajstić information content (AvgIpc) is 2.78. The predicted octanol–water partition coefficient (Wildman–Crippen LogP) is 7.94. The number of aromatic nitrogens is 2. The van der Waals surface area contributed by atoms with E-state index in [2.05, 4.69) is 30.1 Å². The van der Waals surface area contributed by atoms with Crippen LogP contribution in [-0.2, 0) is 12.8 Å². The number of halogens is 1. The maximum Gasteiger partial charge on any atom is 0.132 e. The number of aryl methyl sites for hydroxylation is 2. The van der Waals surface area contributed by atoms with E-state index in [-0.39, 0.29) is 5.82 Å². The predicted molar refractivity (Wildman–Crippen MR) is 124 cm³/mol. The summed E-state index contributed by atoms with van der Waals surface area (Å²) in [5.74, 6) is 1.60. The summed E-state index contributed by atoms with van der Waals surface area (Å²) in [7, 11) is 0. The minimum absolute atomic E-state index is 0.177. The molecule has 1 saturated carbocycles. The monoisotopic (exact) mass is 410 g/mol. The van der Waals surface area contributed by atoms with Gasteiger partial charge in [-0.15, -0.1) is 0 Å². The molecular formula is C27H39FN2. The van der Waals surface area contributed by atoms with E-state index in [0.29, 0.717) is 11.3 Å². The van der Waals surface area contributed by atoms with Crippen LogP contribution < -0.4 is 0 Å². The minimum Gasteiger partial charge on any atom is -0.206 e. The largest absolute Gasteiger partial charge is 0.206 e. The lowest BCUT2D eigenvalue weighted by molar-refractivity contribution is 0.250. The van der Waals surface area contributed by atoms with Gasteiger partial charge in [-0.1, -0.05) is 77.7 Å². The summed E-state index contributed by atoms with van der Waals surface area (Å²) in [6, 6.07) is 9.56. The van der Waals surface area contributed by atoms with Crippen LogP contribution in [-0.4, -0.2) is 10.2 Å². The van der Waals surface area contributed by atoms with E-state index in [0.717, 1.165) is 42.4 Å². The van der Waals surface area contributed by atoms with Gasteiger partial charge in [0.1, 0.15) is 5.82 Å². The second kappa shape index (κ2) is 12.2.